The summed E-state index contributed by atoms with van der Waals surface area (Å²) < 4.78 is 5.46. The van der Waals surface area contributed by atoms with E-state index in [1.165, 1.54) is 0 Å². The lowest BCUT2D eigenvalue weighted by atomic mass is 9.85. The van der Waals surface area contributed by atoms with Crippen LogP contribution in [0, 0.1) is 5.92 Å². The van der Waals surface area contributed by atoms with Crippen molar-refractivity contribution in [2.24, 2.45) is 5.92 Å². The summed E-state index contributed by atoms with van der Waals surface area (Å²) >= 11 is 0. The lowest BCUT2D eigenvalue weighted by Gasteiger charge is -2.32. The largest absolute Gasteiger partial charge is 0.368 e. The van der Waals surface area contributed by atoms with Crippen LogP contribution in [0.5, 0.6) is 0 Å². The Kier molecular flexibility index (Phi) is 6.59. The molecule has 2 saturated heterocycles. The van der Waals surface area contributed by atoms with Crippen molar-refractivity contribution in [1.82, 2.24) is 20.2 Å². The van der Waals surface area contributed by atoms with Crippen LogP contribution < -0.4 is 10.2 Å². The van der Waals surface area contributed by atoms with Crippen LogP contribution in [0.15, 0.2) is 18.5 Å². The lowest BCUT2D eigenvalue weighted by Crippen LogP contribution is -2.45. The molecule has 0 spiro atoms. The van der Waals surface area contributed by atoms with Crippen molar-refractivity contribution in [3.63, 3.8) is 0 Å². The van der Waals surface area contributed by atoms with Gasteiger partial charge in [0.2, 0.25) is 17.8 Å². The van der Waals surface area contributed by atoms with Gasteiger partial charge in [0.05, 0.1) is 0 Å². The second-order valence-corrected chi connectivity index (χ2v) is 8.27. The highest BCUT2D eigenvalue weighted by molar-refractivity contribution is 5.81. The third kappa shape index (κ3) is 5.04. The first kappa shape index (κ1) is 20.1. The number of hydrogen-bond donors (Lipinski definition) is 1. The van der Waals surface area contributed by atoms with Gasteiger partial charge < -0.3 is 19.9 Å². The molecule has 8 heteroatoms. The van der Waals surface area contributed by atoms with E-state index >= 15 is 0 Å². The molecule has 4 rings (SSSR count). The predicted octanol–water partition coefficient (Wildman–Crippen LogP) is 1.37. The average Bonchev–Trinajstić information content (AvgIpc) is 3.19. The summed E-state index contributed by atoms with van der Waals surface area (Å²) in [5.74, 6) is 1.10. The van der Waals surface area contributed by atoms with Gasteiger partial charge in [0, 0.05) is 57.1 Å². The van der Waals surface area contributed by atoms with Gasteiger partial charge >= 0.3 is 0 Å². The van der Waals surface area contributed by atoms with Crippen LogP contribution in [0.3, 0.4) is 0 Å². The molecule has 3 aliphatic rings. The molecule has 2 amide bonds. The minimum Gasteiger partial charge on any atom is -0.368 e. The summed E-state index contributed by atoms with van der Waals surface area (Å²) in [6.07, 6.45) is 9.37. The number of hydrogen-bond acceptors (Lipinski definition) is 6. The Morgan fingerprint density at radius 2 is 1.76 bits per heavy atom. The first-order valence-electron chi connectivity index (χ1n) is 10.9. The van der Waals surface area contributed by atoms with Gasteiger partial charge in [-0.3, -0.25) is 9.59 Å². The number of carbonyl (C=O) groups excluding carboxylic acids is 2. The van der Waals surface area contributed by atoms with E-state index in [0.717, 1.165) is 70.5 Å². The molecule has 1 atom stereocenters. The molecule has 2 aliphatic heterocycles. The van der Waals surface area contributed by atoms with Gasteiger partial charge in [-0.15, -0.1) is 0 Å². The highest BCUT2D eigenvalue weighted by Gasteiger charge is 2.32. The molecule has 8 nitrogen and oxygen atoms in total. The molecule has 29 heavy (non-hydrogen) atoms. The quantitative estimate of drug-likeness (QED) is 0.820. The number of nitrogens with one attached hydrogen (secondary N) is 1. The first-order valence-corrected chi connectivity index (χ1v) is 10.9. The molecular formula is C21H31N5O3. The van der Waals surface area contributed by atoms with Gasteiger partial charge in [-0.05, 0) is 51.0 Å². The summed E-state index contributed by atoms with van der Waals surface area (Å²) in [4.78, 5) is 38.1. The van der Waals surface area contributed by atoms with Gasteiger partial charge in [-0.25, -0.2) is 9.97 Å². The fraction of sp³-hybridized carbons (Fsp3) is 0.714. The van der Waals surface area contributed by atoms with E-state index < -0.39 is 0 Å². The summed E-state index contributed by atoms with van der Waals surface area (Å²) in [5.41, 5.74) is 0. The second-order valence-electron chi connectivity index (χ2n) is 8.27. The minimum absolute atomic E-state index is 0.0213. The molecule has 3 heterocycles. The SMILES string of the molecule is O=C(NC1CCC(C(=O)N2CCCN(c3ncccn3)CC2)CC1)[C@@H]1CCCO1. The highest BCUT2D eigenvalue weighted by Crippen LogP contribution is 2.27. The number of rotatable bonds is 4. The van der Waals surface area contributed by atoms with Gasteiger partial charge in [0.15, 0.2) is 0 Å². The number of amides is 2. The van der Waals surface area contributed by atoms with Crippen molar-refractivity contribution in [2.45, 2.75) is 57.1 Å². The highest BCUT2D eigenvalue weighted by atomic mass is 16.5. The van der Waals surface area contributed by atoms with Crippen molar-refractivity contribution in [3.05, 3.63) is 18.5 Å². The zero-order chi connectivity index (χ0) is 20.1. The van der Waals surface area contributed by atoms with Crippen LogP contribution in [0.25, 0.3) is 0 Å². The Morgan fingerprint density at radius 1 is 0.966 bits per heavy atom. The fourth-order valence-electron chi connectivity index (χ4n) is 4.61. The van der Waals surface area contributed by atoms with E-state index in [2.05, 4.69) is 20.2 Å². The van der Waals surface area contributed by atoms with Crippen molar-refractivity contribution in [1.29, 1.82) is 0 Å². The topological polar surface area (TPSA) is 87.7 Å². The van der Waals surface area contributed by atoms with E-state index in [4.69, 9.17) is 4.74 Å². The van der Waals surface area contributed by atoms with Crippen LogP contribution in [0.4, 0.5) is 5.95 Å². The van der Waals surface area contributed by atoms with Crippen LogP contribution in [0.2, 0.25) is 0 Å². The number of carbonyl (C=O) groups is 2. The molecular weight excluding hydrogens is 370 g/mol. The summed E-state index contributed by atoms with van der Waals surface area (Å²) in [6.45, 7) is 3.83. The molecule has 0 radical (unpaired) electrons. The van der Waals surface area contributed by atoms with E-state index in [9.17, 15) is 9.59 Å². The second kappa shape index (κ2) is 9.52. The maximum absolute atomic E-state index is 13.1. The molecule has 1 aromatic heterocycles. The number of anilines is 1. The minimum atomic E-state index is -0.275. The molecule has 0 aromatic carbocycles. The Hall–Kier alpha value is -2.22. The number of ether oxygens (including phenoxy) is 1. The Bertz CT molecular complexity index is 687. The summed E-state index contributed by atoms with van der Waals surface area (Å²) in [5, 5.41) is 3.12. The van der Waals surface area contributed by atoms with Crippen LogP contribution in [0.1, 0.15) is 44.9 Å². The van der Waals surface area contributed by atoms with Crippen LogP contribution >= 0.6 is 0 Å². The van der Waals surface area contributed by atoms with E-state index in [-0.39, 0.29) is 29.9 Å². The maximum Gasteiger partial charge on any atom is 0.249 e. The molecule has 0 bridgehead atoms. The monoisotopic (exact) mass is 401 g/mol. The molecule has 158 valence electrons. The van der Waals surface area contributed by atoms with E-state index in [0.29, 0.717) is 13.2 Å². The molecule has 0 unspecified atom stereocenters. The standard InChI is InChI=1S/C21H31N5O3/c27-19(18-4-1-15-29-18)24-17-7-5-16(6-8-17)20(28)25-11-3-12-26(14-13-25)21-22-9-2-10-23-21/h2,9-10,16-18H,1,3-8,11-15H2,(H,24,27)/t16?,17?,18-/m0/s1. The van der Waals surface area contributed by atoms with Crippen LogP contribution in [-0.4, -0.2) is 71.6 Å². The predicted molar refractivity (Wildman–Crippen MR) is 108 cm³/mol. The zero-order valence-corrected chi connectivity index (χ0v) is 17.0. The average molecular weight is 402 g/mol. The van der Waals surface area contributed by atoms with E-state index in [1.54, 1.807) is 12.4 Å². The Balaban J connectivity index is 1.23. The van der Waals surface area contributed by atoms with Crippen LogP contribution in [-0.2, 0) is 14.3 Å². The first-order chi connectivity index (χ1) is 14.2. The molecule has 1 saturated carbocycles. The van der Waals surface area contributed by atoms with Gasteiger partial charge in [0.1, 0.15) is 6.10 Å². The molecule has 3 fully saturated rings. The summed E-state index contributed by atoms with van der Waals surface area (Å²) in [6, 6.07) is 1.99. The molecule has 1 aromatic rings. The molecule has 1 aliphatic carbocycles. The number of aromatic nitrogens is 2. The third-order valence-electron chi connectivity index (χ3n) is 6.29. The third-order valence-corrected chi connectivity index (χ3v) is 6.29. The zero-order valence-electron chi connectivity index (χ0n) is 17.0. The molecule has 1 N–H and O–H groups in total. The van der Waals surface area contributed by atoms with Crippen molar-refractivity contribution in [3.8, 4) is 0 Å². The normalized spacial score (nSPS) is 28.1. The van der Waals surface area contributed by atoms with E-state index in [1.807, 2.05) is 11.0 Å². The number of nitrogens with zero attached hydrogens (tertiary/aromatic N) is 4. The van der Waals surface area contributed by atoms with Gasteiger partial charge in [-0.2, -0.15) is 0 Å². The lowest BCUT2D eigenvalue weighted by molar-refractivity contribution is -0.136. The Labute approximate surface area is 172 Å². The van der Waals surface area contributed by atoms with Gasteiger partial charge in [-0.1, -0.05) is 0 Å². The Morgan fingerprint density at radius 3 is 2.48 bits per heavy atom. The maximum atomic E-state index is 13.1. The van der Waals surface area contributed by atoms with Crippen molar-refractivity contribution in [2.75, 3.05) is 37.7 Å². The van der Waals surface area contributed by atoms with Crippen molar-refractivity contribution >= 4 is 17.8 Å². The smallest absolute Gasteiger partial charge is 0.249 e. The summed E-state index contributed by atoms with van der Waals surface area (Å²) in [7, 11) is 0. The fourth-order valence-corrected chi connectivity index (χ4v) is 4.61. The van der Waals surface area contributed by atoms with Crippen molar-refractivity contribution < 1.29 is 14.3 Å². The van der Waals surface area contributed by atoms with Gasteiger partial charge in [0.25, 0.3) is 0 Å².